The highest BCUT2D eigenvalue weighted by molar-refractivity contribution is 7.98. The minimum absolute atomic E-state index is 0.250. The van der Waals surface area contributed by atoms with Crippen molar-refractivity contribution in [3.63, 3.8) is 0 Å². The SMILES string of the molecule is CCOc1ccccc1-c1nnc(SCc2cccc(F)c2)o1. The molecule has 1 heterocycles. The molecule has 0 radical (unpaired) electrons. The van der Waals surface area contributed by atoms with E-state index in [4.69, 9.17) is 9.15 Å². The lowest BCUT2D eigenvalue weighted by atomic mass is 10.2. The third-order valence-electron chi connectivity index (χ3n) is 3.08. The van der Waals surface area contributed by atoms with Crippen LogP contribution in [0.4, 0.5) is 4.39 Å². The second-order valence-electron chi connectivity index (χ2n) is 4.72. The average molecular weight is 330 g/mol. The van der Waals surface area contributed by atoms with Crippen LogP contribution in [0.3, 0.4) is 0 Å². The van der Waals surface area contributed by atoms with E-state index in [1.807, 2.05) is 37.3 Å². The molecule has 0 aliphatic heterocycles. The van der Waals surface area contributed by atoms with E-state index in [-0.39, 0.29) is 5.82 Å². The Kier molecular flexibility index (Phi) is 4.92. The van der Waals surface area contributed by atoms with Crippen LogP contribution in [-0.4, -0.2) is 16.8 Å². The van der Waals surface area contributed by atoms with Crippen molar-refractivity contribution in [2.24, 2.45) is 0 Å². The summed E-state index contributed by atoms with van der Waals surface area (Å²) in [5.74, 6) is 1.43. The topological polar surface area (TPSA) is 48.2 Å². The van der Waals surface area contributed by atoms with Gasteiger partial charge < -0.3 is 9.15 Å². The Morgan fingerprint density at radius 1 is 1.13 bits per heavy atom. The first kappa shape index (κ1) is 15.6. The smallest absolute Gasteiger partial charge is 0.277 e. The van der Waals surface area contributed by atoms with Crippen LogP contribution in [-0.2, 0) is 5.75 Å². The molecule has 23 heavy (non-hydrogen) atoms. The Hall–Kier alpha value is -2.34. The fraction of sp³-hybridized carbons (Fsp3) is 0.176. The predicted octanol–water partition coefficient (Wildman–Crippen LogP) is 4.57. The first-order valence-electron chi connectivity index (χ1n) is 7.19. The van der Waals surface area contributed by atoms with Crippen LogP contribution in [0.5, 0.6) is 5.75 Å². The number of benzene rings is 2. The van der Waals surface area contributed by atoms with Crippen molar-refractivity contribution in [2.75, 3.05) is 6.61 Å². The molecule has 4 nitrogen and oxygen atoms in total. The van der Waals surface area contributed by atoms with Crippen molar-refractivity contribution in [1.82, 2.24) is 10.2 Å². The van der Waals surface area contributed by atoms with Crippen LogP contribution in [0, 0.1) is 5.82 Å². The normalized spacial score (nSPS) is 10.7. The van der Waals surface area contributed by atoms with Gasteiger partial charge in [0, 0.05) is 5.75 Å². The molecule has 6 heteroatoms. The van der Waals surface area contributed by atoms with Crippen LogP contribution in [0.1, 0.15) is 12.5 Å². The van der Waals surface area contributed by atoms with Crippen LogP contribution in [0.2, 0.25) is 0 Å². The third-order valence-corrected chi connectivity index (χ3v) is 3.96. The largest absolute Gasteiger partial charge is 0.493 e. The Morgan fingerprint density at radius 3 is 2.83 bits per heavy atom. The molecule has 0 saturated heterocycles. The highest BCUT2D eigenvalue weighted by atomic mass is 32.2. The monoisotopic (exact) mass is 330 g/mol. The molecule has 0 aliphatic carbocycles. The summed E-state index contributed by atoms with van der Waals surface area (Å²) in [5.41, 5.74) is 1.63. The average Bonchev–Trinajstić information content (AvgIpc) is 3.03. The van der Waals surface area contributed by atoms with Gasteiger partial charge >= 0.3 is 0 Å². The van der Waals surface area contributed by atoms with Crippen LogP contribution >= 0.6 is 11.8 Å². The molecule has 0 fully saturated rings. The molecule has 0 saturated carbocycles. The fourth-order valence-electron chi connectivity index (χ4n) is 2.07. The van der Waals surface area contributed by atoms with Crippen molar-refractivity contribution in [1.29, 1.82) is 0 Å². The van der Waals surface area contributed by atoms with Crippen LogP contribution < -0.4 is 4.74 Å². The molecule has 0 amide bonds. The van der Waals surface area contributed by atoms with Crippen LogP contribution in [0.15, 0.2) is 58.2 Å². The lowest BCUT2D eigenvalue weighted by Crippen LogP contribution is -1.93. The van der Waals surface area contributed by atoms with Crippen molar-refractivity contribution in [3.8, 4) is 17.2 Å². The number of thioether (sulfide) groups is 1. The molecule has 118 valence electrons. The molecule has 0 unspecified atom stereocenters. The summed E-state index contributed by atoms with van der Waals surface area (Å²) in [6, 6.07) is 14.0. The van der Waals surface area contributed by atoms with Crippen molar-refractivity contribution in [2.45, 2.75) is 17.9 Å². The Morgan fingerprint density at radius 2 is 2.00 bits per heavy atom. The van der Waals surface area contributed by atoms with E-state index < -0.39 is 0 Å². The van der Waals surface area contributed by atoms with Gasteiger partial charge in [-0.3, -0.25) is 0 Å². The lowest BCUT2D eigenvalue weighted by Gasteiger charge is -2.06. The molecular formula is C17H15FN2O2S. The molecule has 0 atom stereocenters. The molecule has 0 bridgehead atoms. The maximum atomic E-state index is 13.2. The summed E-state index contributed by atoms with van der Waals surface area (Å²) < 4.78 is 24.4. The maximum Gasteiger partial charge on any atom is 0.277 e. The number of ether oxygens (including phenoxy) is 1. The number of aromatic nitrogens is 2. The summed E-state index contributed by atoms with van der Waals surface area (Å²) in [6.45, 7) is 2.48. The zero-order chi connectivity index (χ0) is 16.1. The second kappa shape index (κ2) is 7.28. The Bertz CT molecular complexity index is 792. The first-order valence-corrected chi connectivity index (χ1v) is 8.18. The zero-order valence-electron chi connectivity index (χ0n) is 12.5. The van der Waals surface area contributed by atoms with Gasteiger partial charge in [-0.2, -0.15) is 0 Å². The fourth-order valence-corrected chi connectivity index (χ4v) is 2.78. The third kappa shape index (κ3) is 3.90. The zero-order valence-corrected chi connectivity index (χ0v) is 13.3. The summed E-state index contributed by atoms with van der Waals surface area (Å²) in [6.07, 6.45) is 0. The molecule has 0 spiro atoms. The van der Waals surface area contributed by atoms with Crippen molar-refractivity contribution >= 4 is 11.8 Å². The van der Waals surface area contributed by atoms with Gasteiger partial charge in [-0.05, 0) is 36.8 Å². The van der Waals surface area contributed by atoms with Gasteiger partial charge in [-0.25, -0.2) is 4.39 Å². The molecular weight excluding hydrogens is 315 g/mol. The lowest BCUT2D eigenvalue weighted by molar-refractivity contribution is 0.340. The van der Waals surface area contributed by atoms with Gasteiger partial charge in [0.15, 0.2) is 0 Å². The number of nitrogens with zero attached hydrogens (tertiary/aromatic N) is 2. The van der Waals surface area contributed by atoms with Gasteiger partial charge in [0.25, 0.3) is 11.1 Å². The minimum Gasteiger partial charge on any atom is -0.493 e. The van der Waals surface area contributed by atoms with Gasteiger partial charge in [-0.15, -0.1) is 10.2 Å². The molecule has 3 aromatic rings. The van der Waals surface area contributed by atoms with E-state index in [2.05, 4.69) is 10.2 Å². The Balaban J connectivity index is 1.73. The molecule has 0 aliphatic rings. The van der Waals surface area contributed by atoms with E-state index in [1.54, 1.807) is 6.07 Å². The number of hydrogen-bond acceptors (Lipinski definition) is 5. The summed E-state index contributed by atoms with van der Waals surface area (Å²) in [7, 11) is 0. The summed E-state index contributed by atoms with van der Waals surface area (Å²) in [5, 5.41) is 8.54. The van der Waals surface area contributed by atoms with E-state index in [9.17, 15) is 4.39 Å². The van der Waals surface area contributed by atoms with Crippen molar-refractivity contribution in [3.05, 3.63) is 59.9 Å². The number of rotatable bonds is 6. The number of para-hydroxylation sites is 1. The maximum absolute atomic E-state index is 13.2. The highest BCUT2D eigenvalue weighted by Crippen LogP contribution is 2.31. The molecule has 0 N–H and O–H groups in total. The number of halogens is 1. The van der Waals surface area contributed by atoms with E-state index in [1.165, 1.54) is 23.9 Å². The predicted molar refractivity (Wildman–Crippen MR) is 86.9 cm³/mol. The highest BCUT2D eigenvalue weighted by Gasteiger charge is 2.13. The molecule has 1 aromatic heterocycles. The number of hydrogen-bond donors (Lipinski definition) is 0. The van der Waals surface area contributed by atoms with E-state index in [0.29, 0.717) is 29.2 Å². The minimum atomic E-state index is -0.250. The van der Waals surface area contributed by atoms with E-state index in [0.717, 1.165) is 11.1 Å². The standard InChI is InChI=1S/C17H15FN2O2S/c1-2-21-15-9-4-3-8-14(15)16-19-20-17(22-16)23-11-12-6-5-7-13(18)10-12/h3-10H,2,11H2,1H3. The van der Waals surface area contributed by atoms with Gasteiger partial charge in [0.1, 0.15) is 11.6 Å². The Labute approximate surface area is 137 Å². The van der Waals surface area contributed by atoms with Gasteiger partial charge in [0.05, 0.1) is 12.2 Å². The van der Waals surface area contributed by atoms with Gasteiger partial charge in [0.2, 0.25) is 0 Å². The van der Waals surface area contributed by atoms with Crippen molar-refractivity contribution < 1.29 is 13.5 Å². The van der Waals surface area contributed by atoms with Crippen LogP contribution in [0.25, 0.3) is 11.5 Å². The molecule has 3 rings (SSSR count). The first-order chi connectivity index (χ1) is 11.3. The van der Waals surface area contributed by atoms with E-state index >= 15 is 0 Å². The second-order valence-corrected chi connectivity index (χ2v) is 5.65. The summed E-state index contributed by atoms with van der Waals surface area (Å²) >= 11 is 1.37. The summed E-state index contributed by atoms with van der Waals surface area (Å²) in [4.78, 5) is 0. The van der Waals surface area contributed by atoms with Gasteiger partial charge in [-0.1, -0.05) is 36.0 Å². The molecule has 2 aromatic carbocycles. The quantitative estimate of drug-likeness (QED) is 0.620.